The molecular formula is C9H17N. The second-order valence-electron chi connectivity index (χ2n) is 2.39. The minimum Gasteiger partial charge on any atom is -0.293 e. The smallest absolute Gasteiger partial charge is 0.0370 e. The predicted octanol–water partition coefficient (Wildman–Crippen LogP) is 2.82. The summed E-state index contributed by atoms with van der Waals surface area (Å²) in [4.78, 5) is 4.20. The molecule has 0 fully saturated rings. The zero-order chi connectivity index (χ0) is 7.98. The Balaban J connectivity index is 4.09. The van der Waals surface area contributed by atoms with Gasteiger partial charge in [-0.3, -0.25) is 4.99 Å². The van der Waals surface area contributed by atoms with E-state index in [0.29, 0.717) is 0 Å². The summed E-state index contributed by atoms with van der Waals surface area (Å²) in [5, 5.41) is 0. The third-order valence-electron chi connectivity index (χ3n) is 1.64. The van der Waals surface area contributed by atoms with Crippen LogP contribution in [0.3, 0.4) is 0 Å². The molecule has 0 aliphatic carbocycles. The van der Waals surface area contributed by atoms with Gasteiger partial charge in [-0.25, -0.2) is 0 Å². The van der Waals surface area contributed by atoms with Gasteiger partial charge in [-0.15, -0.1) is 0 Å². The highest BCUT2D eigenvalue weighted by atomic mass is 14.7. The maximum absolute atomic E-state index is 4.20. The number of nitrogens with zero attached hydrogens (tertiary/aromatic N) is 1. The first-order chi connectivity index (χ1) is 4.76. The van der Waals surface area contributed by atoms with Crippen LogP contribution in [0.4, 0.5) is 0 Å². The third-order valence-corrected chi connectivity index (χ3v) is 1.64. The fourth-order valence-electron chi connectivity index (χ4n) is 0.889. The van der Waals surface area contributed by atoms with E-state index in [1.165, 1.54) is 17.7 Å². The van der Waals surface area contributed by atoms with Crippen molar-refractivity contribution in [2.45, 2.75) is 33.6 Å². The van der Waals surface area contributed by atoms with Crippen molar-refractivity contribution in [2.24, 2.45) is 4.99 Å². The quantitative estimate of drug-likeness (QED) is 0.533. The molecule has 0 N–H and O–H groups in total. The van der Waals surface area contributed by atoms with Crippen molar-refractivity contribution >= 4 is 5.71 Å². The molecular weight excluding hydrogens is 122 g/mol. The number of allylic oxidation sites excluding steroid dienone is 2. The Morgan fingerprint density at radius 1 is 1.50 bits per heavy atom. The van der Waals surface area contributed by atoms with Gasteiger partial charge in [0.1, 0.15) is 0 Å². The van der Waals surface area contributed by atoms with Crippen LogP contribution in [0, 0.1) is 0 Å². The fraction of sp³-hybridized carbons (Fsp3) is 0.667. The van der Waals surface area contributed by atoms with E-state index < -0.39 is 0 Å². The molecule has 0 heterocycles. The van der Waals surface area contributed by atoms with Gasteiger partial charge < -0.3 is 0 Å². The Morgan fingerprint density at radius 2 is 2.10 bits per heavy atom. The van der Waals surface area contributed by atoms with Crippen LogP contribution in [0.1, 0.15) is 33.6 Å². The first kappa shape index (κ1) is 9.41. The van der Waals surface area contributed by atoms with E-state index in [2.05, 4.69) is 31.8 Å². The number of rotatable bonds is 3. The molecule has 0 aliphatic heterocycles. The van der Waals surface area contributed by atoms with Crippen molar-refractivity contribution < 1.29 is 0 Å². The van der Waals surface area contributed by atoms with Gasteiger partial charge in [0, 0.05) is 12.8 Å². The van der Waals surface area contributed by atoms with Gasteiger partial charge in [0.25, 0.3) is 0 Å². The minimum atomic E-state index is 1.10. The lowest BCUT2D eigenvalue weighted by Gasteiger charge is -2.01. The maximum Gasteiger partial charge on any atom is 0.0370 e. The van der Waals surface area contributed by atoms with Gasteiger partial charge in [0.15, 0.2) is 0 Å². The highest BCUT2D eigenvalue weighted by Crippen LogP contribution is 2.02. The average Bonchev–Trinajstić information content (AvgIpc) is 1.99. The molecule has 0 radical (unpaired) electrons. The van der Waals surface area contributed by atoms with Crippen molar-refractivity contribution in [2.75, 3.05) is 7.05 Å². The standard InChI is InChI=1S/C9H17N/c1-5-7-9(10-4)8(3)6-2/h6H,5,7H2,1-4H3/b8-6-,10-9-. The van der Waals surface area contributed by atoms with Gasteiger partial charge in [0.2, 0.25) is 0 Å². The van der Waals surface area contributed by atoms with Crippen LogP contribution in [-0.2, 0) is 0 Å². The average molecular weight is 139 g/mol. The van der Waals surface area contributed by atoms with Crippen molar-refractivity contribution in [1.82, 2.24) is 0 Å². The van der Waals surface area contributed by atoms with Gasteiger partial charge in [-0.2, -0.15) is 0 Å². The van der Waals surface area contributed by atoms with Gasteiger partial charge in [-0.05, 0) is 25.8 Å². The topological polar surface area (TPSA) is 12.4 Å². The number of hydrogen-bond acceptors (Lipinski definition) is 1. The lowest BCUT2D eigenvalue weighted by Crippen LogP contribution is -1.98. The largest absolute Gasteiger partial charge is 0.293 e. The first-order valence-corrected chi connectivity index (χ1v) is 3.85. The Hall–Kier alpha value is -0.590. The third kappa shape index (κ3) is 2.81. The molecule has 0 aromatic carbocycles. The summed E-state index contributed by atoms with van der Waals surface area (Å²) in [5.74, 6) is 0. The molecule has 0 atom stereocenters. The van der Waals surface area contributed by atoms with Gasteiger partial charge in [-0.1, -0.05) is 19.4 Å². The summed E-state index contributed by atoms with van der Waals surface area (Å²) in [6.07, 6.45) is 4.39. The van der Waals surface area contributed by atoms with Gasteiger partial charge in [0.05, 0.1) is 0 Å². The molecule has 10 heavy (non-hydrogen) atoms. The van der Waals surface area contributed by atoms with Crippen LogP contribution in [-0.4, -0.2) is 12.8 Å². The molecule has 0 saturated carbocycles. The fourth-order valence-corrected chi connectivity index (χ4v) is 0.889. The van der Waals surface area contributed by atoms with Crippen LogP contribution in [0.2, 0.25) is 0 Å². The van der Waals surface area contributed by atoms with Crippen LogP contribution >= 0.6 is 0 Å². The van der Waals surface area contributed by atoms with E-state index in [-0.39, 0.29) is 0 Å². The molecule has 0 saturated heterocycles. The number of aliphatic imine (C=N–C) groups is 1. The summed E-state index contributed by atoms with van der Waals surface area (Å²) in [5.41, 5.74) is 2.55. The van der Waals surface area contributed by atoms with Crippen LogP contribution in [0.5, 0.6) is 0 Å². The lowest BCUT2D eigenvalue weighted by atomic mass is 10.1. The molecule has 1 nitrogen and oxygen atoms in total. The second kappa shape index (κ2) is 5.21. The predicted molar refractivity (Wildman–Crippen MR) is 47.7 cm³/mol. The monoisotopic (exact) mass is 139 g/mol. The zero-order valence-corrected chi connectivity index (χ0v) is 7.44. The lowest BCUT2D eigenvalue weighted by molar-refractivity contribution is 0.986. The first-order valence-electron chi connectivity index (χ1n) is 3.85. The Morgan fingerprint density at radius 3 is 2.40 bits per heavy atom. The second-order valence-corrected chi connectivity index (χ2v) is 2.39. The molecule has 0 unspecified atom stereocenters. The van der Waals surface area contributed by atoms with Crippen molar-refractivity contribution in [3.8, 4) is 0 Å². The minimum absolute atomic E-state index is 1.10. The van der Waals surface area contributed by atoms with E-state index in [4.69, 9.17) is 0 Å². The SMILES string of the molecule is C/C=C(C)\C(CCC)=N/C. The van der Waals surface area contributed by atoms with Crippen molar-refractivity contribution in [1.29, 1.82) is 0 Å². The van der Waals surface area contributed by atoms with Crippen molar-refractivity contribution in [3.63, 3.8) is 0 Å². The molecule has 0 rings (SSSR count). The van der Waals surface area contributed by atoms with E-state index in [1.807, 2.05) is 7.05 Å². The Labute approximate surface area is 63.9 Å². The molecule has 0 aromatic rings. The van der Waals surface area contributed by atoms with Gasteiger partial charge >= 0.3 is 0 Å². The highest BCUT2D eigenvalue weighted by molar-refractivity contribution is 5.99. The highest BCUT2D eigenvalue weighted by Gasteiger charge is 1.96. The molecule has 0 aliphatic rings. The van der Waals surface area contributed by atoms with E-state index >= 15 is 0 Å². The van der Waals surface area contributed by atoms with Crippen LogP contribution in [0.25, 0.3) is 0 Å². The summed E-state index contributed by atoms with van der Waals surface area (Å²) in [6.45, 7) is 6.34. The molecule has 1 heteroatoms. The van der Waals surface area contributed by atoms with E-state index in [1.54, 1.807) is 0 Å². The summed E-state index contributed by atoms with van der Waals surface area (Å²) in [6, 6.07) is 0. The molecule has 0 amide bonds. The van der Waals surface area contributed by atoms with E-state index in [9.17, 15) is 0 Å². The Kier molecular flexibility index (Phi) is 4.91. The summed E-state index contributed by atoms with van der Waals surface area (Å²) < 4.78 is 0. The van der Waals surface area contributed by atoms with Crippen LogP contribution in [0.15, 0.2) is 16.6 Å². The Bertz CT molecular complexity index is 143. The van der Waals surface area contributed by atoms with Crippen molar-refractivity contribution in [3.05, 3.63) is 11.6 Å². The molecule has 0 aromatic heterocycles. The number of hydrogen-bond donors (Lipinski definition) is 0. The molecule has 58 valence electrons. The summed E-state index contributed by atoms with van der Waals surface area (Å²) >= 11 is 0. The summed E-state index contributed by atoms with van der Waals surface area (Å²) in [7, 11) is 1.86. The molecule has 0 spiro atoms. The molecule has 0 bridgehead atoms. The van der Waals surface area contributed by atoms with Crippen LogP contribution < -0.4 is 0 Å². The van der Waals surface area contributed by atoms with E-state index in [0.717, 1.165) is 6.42 Å². The maximum atomic E-state index is 4.20. The normalized spacial score (nSPS) is 14.0. The zero-order valence-electron chi connectivity index (χ0n) is 7.44.